The molecule has 7 aromatic carbocycles. The van der Waals surface area contributed by atoms with E-state index in [0.717, 1.165) is 38.3 Å². The molecule has 10 aromatic rings. The van der Waals surface area contributed by atoms with Gasteiger partial charge in [-0.1, -0.05) is 127 Å². The first-order valence-corrected chi connectivity index (χ1v) is 15.5. The lowest BCUT2D eigenvalue weighted by Crippen LogP contribution is -2.06. The third-order valence-electron chi connectivity index (χ3n) is 8.83. The molecular formula is C43H26N4O. The molecule has 48 heavy (non-hydrogen) atoms. The smallest absolute Gasteiger partial charge is 0.238 e. The summed E-state index contributed by atoms with van der Waals surface area (Å²) in [6, 6.07) is 37.5. The Kier molecular flexibility index (Phi) is 4.64. The minimum Gasteiger partial charge on any atom is -0.456 e. The molecular weight excluding hydrogens is 589 g/mol. The molecule has 0 aliphatic carbocycles. The predicted molar refractivity (Wildman–Crippen MR) is 195 cm³/mol. The first-order chi connectivity index (χ1) is 26.2. The zero-order chi connectivity index (χ0) is 36.8. The summed E-state index contributed by atoms with van der Waals surface area (Å²) in [6.45, 7) is 0. The Balaban J connectivity index is 1.24. The Hall–Kier alpha value is -6.59. The van der Waals surface area contributed by atoms with E-state index >= 15 is 0 Å². The summed E-state index contributed by atoms with van der Waals surface area (Å²) in [4.78, 5) is 14.8. The van der Waals surface area contributed by atoms with Crippen LogP contribution in [0.2, 0.25) is 0 Å². The SMILES string of the molecule is [2H]c1cc([2H])c2c(c1[2H])c1c([2H])c([2H])cc([2H])c1n2-c1nc(-c2ccc(-c3cccc4ccccc34)cc2)nc(-c2ccc3c(c2)oc2ccccc23)n1. The number of para-hydroxylation sites is 3. The van der Waals surface area contributed by atoms with E-state index in [9.17, 15) is 0 Å². The Labute approximate surface area is 283 Å². The van der Waals surface area contributed by atoms with Crippen LogP contribution in [0.5, 0.6) is 0 Å². The number of nitrogens with zero attached hydrogens (tertiary/aromatic N) is 4. The zero-order valence-electron chi connectivity index (χ0n) is 31.2. The molecule has 0 fully saturated rings. The standard InChI is InChI=1S/C43H26N4O/c1-2-12-31-27(10-1)11-9-16-32(31)28-20-22-29(23-21-28)41-44-42(30-24-25-36-35-15-5-8-19-39(35)48-40(36)26-30)46-43(45-41)47-37-17-6-3-13-33(37)34-14-4-7-18-38(34)47/h1-26H/i3D,4D,13D,14D,17D,18D. The van der Waals surface area contributed by atoms with Crippen molar-refractivity contribution in [3.8, 4) is 39.9 Å². The van der Waals surface area contributed by atoms with E-state index in [1.54, 1.807) is 0 Å². The molecule has 5 nitrogen and oxygen atoms in total. The fourth-order valence-corrected chi connectivity index (χ4v) is 6.58. The van der Waals surface area contributed by atoms with Gasteiger partial charge < -0.3 is 4.42 Å². The van der Waals surface area contributed by atoms with Crippen molar-refractivity contribution in [3.05, 3.63) is 158 Å². The summed E-state index contributed by atoms with van der Waals surface area (Å²) >= 11 is 0. The van der Waals surface area contributed by atoms with Gasteiger partial charge in [-0.3, -0.25) is 4.57 Å². The predicted octanol–water partition coefficient (Wildman–Crippen LogP) is 11.0. The molecule has 0 atom stereocenters. The molecule has 0 aliphatic heterocycles. The molecule has 10 rings (SSSR count). The van der Waals surface area contributed by atoms with Crippen molar-refractivity contribution in [2.75, 3.05) is 0 Å². The molecule has 0 saturated carbocycles. The minimum absolute atomic E-state index is 0.0640. The lowest BCUT2D eigenvalue weighted by Gasteiger charge is -2.12. The molecule has 0 N–H and O–H groups in total. The molecule has 3 heterocycles. The van der Waals surface area contributed by atoms with Crippen LogP contribution in [0.15, 0.2) is 162 Å². The molecule has 5 heteroatoms. The molecule has 0 aliphatic rings. The Morgan fingerprint density at radius 3 is 1.90 bits per heavy atom. The second-order valence-corrected chi connectivity index (χ2v) is 11.6. The highest BCUT2D eigenvalue weighted by Gasteiger charge is 2.18. The van der Waals surface area contributed by atoms with Gasteiger partial charge in [-0.15, -0.1) is 0 Å². The highest BCUT2D eigenvalue weighted by molar-refractivity contribution is 6.09. The quantitative estimate of drug-likeness (QED) is 0.196. The molecule has 0 amide bonds. The Morgan fingerprint density at radius 1 is 0.479 bits per heavy atom. The van der Waals surface area contributed by atoms with E-state index in [0.29, 0.717) is 28.4 Å². The van der Waals surface area contributed by atoms with E-state index in [1.807, 2.05) is 84.9 Å². The average molecular weight is 621 g/mol. The fourth-order valence-electron chi connectivity index (χ4n) is 6.58. The van der Waals surface area contributed by atoms with Crippen LogP contribution in [-0.2, 0) is 0 Å². The van der Waals surface area contributed by atoms with E-state index < -0.39 is 0 Å². The van der Waals surface area contributed by atoms with Crippen LogP contribution >= 0.6 is 0 Å². The summed E-state index contributed by atoms with van der Waals surface area (Å²) < 4.78 is 60.2. The largest absolute Gasteiger partial charge is 0.456 e. The van der Waals surface area contributed by atoms with Crippen LogP contribution in [0.1, 0.15) is 8.22 Å². The molecule has 0 saturated heterocycles. The topological polar surface area (TPSA) is 56.7 Å². The minimum atomic E-state index is -0.211. The number of hydrogen-bond donors (Lipinski definition) is 0. The number of aromatic nitrogens is 4. The fraction of sp³-hybridized carbons (Fsp3) is 0. The van der Waals surface area contributed by atoms with E-state index in [4.69, 9.17) is 27.6 Å². The van der Waals surface area contributed by atoms with Crippen LogP contribution in [0.3, 0.4) is 0 Å². The van der Waals surface area contributed by atoms with Gasteiger partial charge in [0, 0.05) is 32.7 Å². The van der Waals surface area contributed by atoms with E-state index in [-0.39, 0.29) is 64.0 Å². The van der Waals surface area contributed by atoms with Gasteiger partial charge >= 0.3 is 0 Å². The van der Waals surface area contributed by atoms with Crippen molar-refractivity contribution in [1.29, 1.82) is 0 Å². The molecule has 0 spiro atoms. The molecule has 224 valence electrons. The molecule has 0 bridgehead atoms. The molecule has 0 unspecified atom stereocenters. The summed E-state index contributed by atoms with van der Waals surface area (Å²) in [6.07, 6.45) is 0. The van der Waals surface area contributed by atoms with Gasteiger partial charge in [0.15, 0.2) is 11.6 Å². The van der Waals surface area contributed by atoms with Crippen molar-refractivity contribution in [2.24, 2.45) is 0 Å². The van der Waals surface area contributed by atoms with Crippen molar-refractivity contribution >= 4 is 54.5 Å². The van der Waals surface area contributed by atoms with Crippen molar-refractivity contribution in [1.82, 2.24) is 19.5 Å². The van der Waals surface area contributed by atoms with Crippen LogP contribution in [0.25, 0.3) is 94.4 Å². The molecule has 0 radical (unpaired) electrons. The summed E-state index contributed by atoms with van der Waals surface area (Å²) in [5, 5.41) is 4.46. The van der Waals surface area contributed by atoms with E-state index in [2.05, 4.69) is 24.3 Å². The van der Waals surface area contributed by atoms with Crippen LogP contribution in [0.4, 0.5) is 0 Å². The van der Waals surface area contributed by atoms with Gasteiger partial charge in [0.2, 0.25) is 5.95 Å². The second kappa shape index (κ2) is 10.5. The first kappa shape index (κ1) is 21.3. The average Bonchev–Trinajstić information content (AvgIpc) is 3.76. The number of benzene rings is 7. The highest BCUT2D eigenvalue weighted by Crippen LogP contribution is 2.35. The summed E-state index contributed by atoms with van der Waals surface area (Å²) in [5.41, 5.74) is 5.18. The normalized spacial score (nSPS) is 13.5. The summed E-state index contributed by atoms with van der Waals surface area (Å²) in [7, 11) is 0. The van der Waals surface area contributed by atoms with Gasteiger partial charge in [0.05, 0.1) is 19.3 Å². The van der Waals surface area contributed by atoms with Crippen LogP contribution in [-0.4, -0.2) is 19.5 Å². The second-order valence-electron chi connectivity index (χ2n) is 11.6. The van der Waals surface area contributed by atoms with Crippen molar-refractivity contribution < 1.29 is 12.6 Å². The summed E-state index contributed by atoms with van der Waals surface area (Å²) in [5.74, 6) is 0.688. The molecule has 3 aromatic heterocycles. The number of rotatable bonds is 4. The highest BCUT2D eigenvalue weighted by atomic mass is 16.3. The maximum atomic E-state index is 8.98. The zero-order valence-corrected chi connectivity index (χ0v) is 25.2. The van der Waals surface area contributed by atoms with Gasteiger partial charge in [-0.2, -0.15) is 9.97 Å². The van der Waals surface area contributed by atoms with Crippen molar-refractivity contribution in [2.45, 2.75) is 0 Å². The van der Waals surface area contributed by atoms with Gasteiger partial charge in [-0.05, 0) is 52.2 Å². The number of furan rings is 1. The monoisotopic (exact) mass is 620 g/mol. The number of hydrogen-bond acceptors (Lipinski definition) is 4. The maximum Gasteiger partial charge on any atom is 0.238 e. The lowest BCUT2D eigenvalue weighted by atomic mass is 9.97. The van der Waals surface area contributed by atoms with Crippen LogP contribution in [0, 0.1) is 0 Å². The third-order valence-corrected chi connectivity index (χ3v) is 8.83. The van der Waals surface area contributed by atoms with Gasteiger partial charge in [-0.25, -0.2) is 4.98 Å². The van der Waals surface area contributed by atoms with Gasteiger partial charge in [0.1, 0.15) is 11.2 Å². The van der Waals surface area contributed by atoms with E-state index in [1.165, 1.54) is 16.7 Å². The van der Waals surface area contributed by atoms with Crippen LogP contribution < -0.4 is 0 Å². The Morgan fingerprint density at radius 2 is 1.10 bits per heavy atom. The lowest BCUT2D eigenvalue weighted by molar-refractivity contribution is 0.669. The van der Waals surface area contributed by atoms with Gasteiger partial charge in [0.25, 0.3) is 0 Å². The maximum absolute atomic E-state index is 8.98. The first-order valence-electron chi connectivity index (χ1n) is 18.5. The number of fused-ring (bicyclic) bond motifs is 7. The Bertz CT molecular complexity index is 3110. The van der Waals surface area contributed by atoms with Crippen molar-refractivity contribution in [3.63, 3.8) is 0 Å². The third kappa shape index (κ3) is 4.15.